The Kier molecular flexibility index (Phi) is 5.85. The number of aliphatic hydroxyl groups is 1. The molecule has 8 heteroatoms. The molecule has 2 aromatic rings. The number of rotatable bonds is 8. The van der Waals surface area contributed by atoms with Crippen molar-refractivity contribution in [2.75, 3.05) is 26.7 Å². The van der Waals surface area contributed by atoms with Crippen molar-refractivity contribution in [3.05, 3.63) is 42.2 Å². The van der Waals surface area contributed by atoms with Gasteiger partial charge in [-0.2, -0.15) is 0 Å². The Morgan fingerprint density at radius 1 is 1.42 bits per heavy atom. The zero-order chi connectivity index (χ0) is 18.4. The van der Waals surface area contributed by atoms with Gasteiger partial charge in [-0.1, -0.05) is 17.3 Å². The zero-order valence-electron chi connectivity index (χ0n) is 15.0. The fraction of sp³-hybridized carbons (Fsp3) is 0.500. The van der Waals surface area contributed by atoms with Gasteiger partial charge in [0, 0.05) is 32.4 Å². The summed E-state index contributed by atoms with van der Waals surface area (Å²) in [6, 6.07) is 7.65. The number of ether oxygens (including phenoxy) is 1. The number of hydrogen-bond acceptors (Lipinski definition) is 6. The second-order valence-corrected chi connectivity index (χ2v) is 6.56. The Morgan fingerprint density at radius 2 is 2.31 bits per heavy atom. The number of carbonyl (C=O) groups is 1. The average Bonchev–Trinajstić information content (AvgIpc) is 3.17. The van der Waals surface area contributed by atoms with E-state index in [-0.39, 0.29) is 12.5 Å². The van der Waals surface area contributed by atoms with Crippen LogP contribution in [0.15, 0.2) is 36.7 Å². The number of methoxy groups -OCH3 is 1. The quantitative estimate of drug-likeness (QED) is 0.664. The first kappa shape index (κ1) is 18.3. The van der Waals surface area contributed by atoms with Gasteiger partial charge in [-0.15, -0.1) is 5.10 Å². The Hall–Kier alpha value is -2.45. The van der Waals surface area contributed by atoms with Crippen molar-refractivity contribution in [3.63, 3.8) is 0 Å². The lowest BCUT2D eigenvalue weighted by molar-refractivity contribution is -0.157. The molecule has 1 saturated heterocycles. The summed E-state index contributed by atoms with van der Waals surface area (Å²) in [5.41, 5.74) is -0.375. The van der Waals surface area contributed by atoms with Crippen LogP contribution in [-0.4, -0.2) is 63.3 Å². The smallest absolute Gasteiger partial charge is 0.256 e. The average molecular weight is 359 g/mol. The minimum atomic E-state index is -1.36. The summed E-state index contributed by atoms with van der Waals surface area (Å²) in [4.78, 5) is 14.5. The highest BCUT2D eigenvalue weighted by atomic mass is 16.5. The van der Waals surface area contributed by atoms with E-state index in [0.717, 1.165) is 17.7 Å². The molecule has 26 heavy (non-hydrogen) atoms. The van der Waals surface area contributed by atoms with Gasteiger partial charge >= 0.3 is 0 Å². The molecule has 1 aromatic heterocycles. The molecule has 0 saturated carbocycles. The molecular formula is C18H25N5O3. The molecule has 1 unspecified atom stereocenters. The van der Waals surface area contributed by atoms with Gasteiger partial charge in [0.25, 0.3) is 5.91 Å². The van der Waals surface area contributed by atoms with Crippen LogP contribution in [0.1, 0.15) is 18.4 Å². The molecule has 1 amide bonds. The molecule has 3 rings (SSSR count). The fourth-order valence-electron chi connectivity index (χ4n) is 3.21. The summed E-state index contributed by atoms with van der Waals surface area (Å²) in [5, 5.41) is 21.6. The maximum atomic E-state index is 12.8. The topological polar surface area (TPSA) is 92.5 Å². The van der Waals surface area contributed by atoms with E-state index in [9.17, 15) is 9.90 Å². The molecule has 0 aliphatic carbocycles. The van der Waals surface area contributed by atoms with Gasteiger partial charge in [-0.05, 0) is 30.5 Å². The summed E-state index contributed by atoms with van der Waals surface area (Å²) in [6.07, 6.45) is 4.64. The van der Waals surface area contributed by atoms with Gasteiger partial charge in [0.15, 0.2) is 5.60 Å². The predicted molar refractivity (Wildman–Crippen MR) is 95.5 cm³/mol. The number of likely N-dealkylation sites (tertiary alicyclic amines) is 1. The second-order valence-electron chi connectivity index (χ2n) is 6.56. The third kappa shape index (κ3) is 4.39. The molecule has 0 bridgehead atoms. The molecule has 0 spiro atoms. The number of aromatic nitrogens is 3. The van der Waals surface area contributed by atoms with Crippen LogP contribution in [0.25, 0.3) is 0 Å². The van der Waals surface area contributed by atoms with E-state index in [0.29, 0.717) is 32.6 Å². The third-order valence-electron chi connectivity index (χ3n) is 4.62. The molecule has 0 radical (unpaired) electrons. The molecule has 1 aliphatic rings. The molecule has 1 atom stereocenters. The van der Waals surface area contributed by atoms with Crippen LogP contribution < -0.4 is 10.1 Å². The van der Waals surface area contributed by atoms with E-state index >= 15 is 0 Å². The zero-order valence-corrected chi connectivity index (χ0v) is 15.0. The molecule has 1 aliphatic heterocycles. The van der Waals surface area contributed by atoms with Crippen molar-refractivity contribution >= 4 is 5.91 Å². The highest BCUT2D eigenvalue weighted by Crippen LogP contribution is 2.24. The van der Waals surface area contributed by atoms with Gasteiger partial charge in [0.2, 0.25) is 0 Å². The minimum Gasteiger partial charge on any atom is -0.497 e. The Bertz CT molecular complexity index is 721. The number of carbonyl (C=O) groups excluding carboxylic acids is 1. The number of amides is 1. The lowest BCUT2D eigenvalue weighted by Crippen LogP contribution is -2.57. The van der Waals surface area contributed by atoms with E-state index in [1.807, 2.05) is 24.3 Å². The van der Waals surface area contributed by atoms with Crippen LogP contribution in [-0.2, 0) is 17.9 Å². The fourth-order valence-corrected chi connectivity index (χ4v) is 3.21. The molecule has 1 aromatic carbocycles. The minimum absolute atomic E-state index is 0.222. The first-order valence-electron chi connectivity index (χ1n) is 8.80. The van der Waals surface area contributed by atoms with E-state index in [1.165, 1.54) is 0 Å². The highest BCUT2D eigenvalue weighted by molar-refractivity contribution is 5.86. The van der Waals surface area contributed by atoms with Gasteiger partial charge in [0.1, 0.15) is 5.75 Å². The Morgan fingerprint density at radius 3 is 3.08 bits per heavy atom. The molecule has 8 nitrogen and oxygen atoms in total. The lowest BCUT2D eigenvalue weighted by Gasteiger charge is -2.38. The van der Waals surface area contributed by atoms with Crippen LogP contribution >= 0.6 is 0 Å². The van der Waals surface area contributed by atoms with E-state index in [2.05, 4.69) is 15.6 Å². The first-order valence-corrected chi connectivity index (χ1v) is 8.80. The Labute approximate surface area is 152 Å². The number of nitrogens with one attached hydrogen (secondary N) is 1. The summed E-state index contributed by atoms with van der Waals surface area (Å²) < 4.78 is 6.94. The Balaban J connectivity index is 1.55. The largest absolute Gasteiger partial charge is 0.497 e. The number of hydrogen-bond donors (Lipinski definition) is 2. The SMILES string of the molecule is COc1cccc(CN2CCCC(O)(CNCCn3ccnn3)C2=O)c1. The molecule has 1 fully saturated rings. The number of piperidine rings is 1. The van der Waals surface area contributed by atoms with Crippen molar-refractivity contribution in [3.8, 4) is 5.75 Å². The summed E-state index contributed by atoms with van der Waals surface area (Å²) in [7, 11) is 1.62. The molecule has 2 heterocycles. The van der Waals surface area contributed by atoms with Crippen LogP contribution in [0.3, 0.4) is 0 Å². The van der Waals surface area contributed by atoms with Gasteiger partial charge in [-0.3, -0.25) is 9.48 Å². The third-order valence-corrected chi connectivity index (χ3v) is 4.62. The molecular weight excluding hydrogens is 334 g/mol. The van der Waals surface area contributed by atoms with Crippen LogP contribution in [0.5, 0.6) is 5.75 Å². The van der Waals surface area contributed by atoms with Gasteiger partial charge in [0.05, 0.1) is 19.9 Å². The highest BCUT2D eigenvalue weighted by Gasteiger charge is 2.41. The normalized spacial score (nSPS) is 20.4. The summed E-state index contributed by atoms with van der Waals surface area (Å²) in [6.45, 7) is 2.59. The van der Waals surface area contributed by atoms with Crippen molar-refractivity contribution in [2.45, 2.75) is 31.5 Å². The molecule has 140 valence electrons. The standard InChI is InChI=1S/C18H25N5O3/c1-26-16-5-2-4-15(12-16)13-22-9-3-6-18(25,17(22)24)14-19-7-10-23-11-8-20-21-23/h2,4-5,8,11-12,19,25H,3,6-7,9-10,13-14H2,1H3. The predicted octanol–water partition coefficient (Wildman–Crippen LogP) is 0.430. The number of benzene rings is 1. The van der Waals surface area contributed by atoms with Crippen molar-refractivity contribution in [1.29, 1.82) is 0 Å². The summed E-state index contributed by atoms with van der Waals surface area (Å²) in [5.74, 6) is 0.539. The van der Waals surface area contributed by atoms with E-state index in [1.54, 1.807) is 29.1 Å². The van der Waals surface area contributed by atoms with Crippen LogP contribution in [0.4, 0.5) is 0 Å². The van der Waals surface area contributed by atoms with Crippen LogP contribution in [0.2, 0.25) is 0 Å². The number of nitrogens with zero attached hydrogens (tertiary/aromatic N) is 4. The van der Waals surface area contributed by atoms with E-state index in [4.69, 9.17) is 4.74 Å². The van der Waals surface area contributed by atoms with Crippen molar-refractivity contribution < 1.29 is 14.6 Å². The summed E-state index contributed by atoms with van der Waals surface area (Å²) >= 11 is 0. The monoisotopic (exact) mass is 359 g/mol. The maximum Gasteiger partial charge on any atom is 0.256 e. The maximum absolute atomic E-state index is 12.8. The van der Waals surface area contributed by atoms with Gasteiger partial charge in [-0.25, -0.2) is 0 Å². The van der Waals surface area contributed by atoms with Gasteiger partial charge < -0.3 is 20.1 Å². The van der Waals surface area contributed by atoms with Crippen molar-refractivity contribution in [2.24, 2.45) is 0 Å². The lowest BCUT2D eigenvalue weighted by atomic mass is 9.91. The van der Waals surface area contributed by atoms with Crippen molar-refractivity contribution in [1.82, 2.24) is 25.2 Å². The van der Waals surface area contributed by atoms with Crippen LogP contribution in [0, 0.1) is 0 Å². The first-order chi connectivity index (χ1) is 12.6. The second kappa shape index (κ2) is 8.29. The van der Waals surface area contributed by atoms with E-state index < -0.39 is 5.60 Å². The molecule has 2 N–H and O–H groups in total.